The minimum absolute atomic E-state index is 0.0320. The Labute approximate surface area is 168 Å². The number of allylic oxidation sites excluding steroid dienone is 1. The van der Waals surface area contributed by atoms with Crippen molar-refractivity contribution in [3.05, 3.63) is 59.7 Å². The van der Waals surface area contributed by atoms with Crippen molar-refractivity contribution in [1.29, 1.82) is 0 Å². The summed E-state index contributed by atoms with van der Waals surface area (Å²) >= 11 is 0. The Hall–Kier alpha value is -2.75. The molecule has 4 heteroatoms. The lowest BCUT2D eigenvalue weighted by atomic mass is 10.1. The maximum Gasteiger partial charge on any atom is 0.185 e. The molecule has 0 aliphatic heterocycles. The largest absolute Gasteiger partial charge is 0.491 e. The molecule has 0 spiro atoms. The van der Waals surface area contributed by atoms with Crippen molar-refractivity contribution in [2.45, 2.75) is 59.9 Å². The summed E-state index contributed by atoms with van der Waals surface area (Å²) in [5.41, 5.74) is 1.38. The Kier molecular flexibility index (Phi) is 7.68. The Bertz CT molecular complexity index is 819. The second kappa shape index (κ2) is 9.98. The van der Waals surface area contributed by atoms with Gasteiger partial charge in [0.25, 0.3) is 0 Å². The van der Waals surface area contributed by atoms with Gasteiger partial charge < -0.3 is 14.2 Å². The predicted octanol–water partition coefficient (Wildman–Crippen LogP) is 5.94. The second-order valence-corrected chi connectivity index (χ2v) is 7.42. The van der Waals surface area contributed by atoms with Crippen molar-refractivity contribution in [2.24, 2.45) is 0 Å². The molecular weight excluding hydrogens is 352 g/mol. The summed E-state index contributed by atoms with van der Waals surface area (Å²) in [6, 6.07) is 12.9. The number of rotatable bonds is 9. The first-order valence-electron chi connectivity index (χ1n) is 9.71. The number of carbonyl (C=O) groups is 1. The van der Waals surface area contributed by atoms with Gasteiger partial charge in [-0.05, 0) is 84.0 Å². The van der Waals surface area contributed by atoms with Crippen LogP contribution < -0.4 is 14.2 Å². The van der Waals surface area contributed by atoms with E-state index in [4.69, 9.17) is 14.2 Å². The van der Waals surface area contributed by atoms with Crippen molar-refractivity contribution in [2.75, 3.05) is 0 Å². The molecule has 0 bridgehead atoms. The van der Waals surface area contributed by atoms with E-state index in [1.807, 2.05) is 71.9 Å². The lowest BCUT2D eigenvalue weighted by molar-refractivity contribution is 0.104. The van der Waals surface area contributed by atoms with E-state index in [1.165, 1.54) is 0 Å². The number of hydrogen-bond acceptors (Lipinski definition) is 4. The molecule has 150 valence electrons. The van der Waals surface area contributed by atoms with Crippen LogP contribution in [0.5, 0.6) is 17.2 Å². The van der Waals surface area contributed by atoms with E-state index in [-0.39, 0.29) is 24.1 Å². The SMILES string of the molecule is CC(C)Oc1cccc(C(=O)/C=C/c2cc(OC(C)C)ccc2OC(C)C)c1. The molecule has 0 heterocycles. The normalized spacial score (nSPS) is 11.5. The summed E-state index contributed by atoms with van der Waals surface area (Å²) in [6.07, 6.45) is 3.48. The van der Waals surface area contributed by atoms with Gasteiger partial charge in [0.2, 0.25) is 0 Å². The van der Waals surface area contributed by atoms with Gasteiger partial charge in [0.15, 0.2) is 5.78 Å². The summed E-state index contributed by atoms with van der Waals surface area (Å²) in [5, 5.41) is 0. The molecule has 0 radical (unpaired) electrons. The van der Waals surface area contributed by atoms with Crippen molar-refractivity contribution in [1.82, 2.24) is 0 Å². The Balaban J connectivity index is 2.26. The van der Waals surface area contributed by atoms with Crippen molar-refractivity contribution < 1.29 is 19.0 Å². The monoisotopic (exact) mass is 382 g/mol. The molecule has 0 unspecified atom stereocenters. The first kappa shape index (κ1) is 21.5. The van der Waals surface area contributed by atoms with Crippen molar-refractivity contribution in [3.63, 3.8) is 0 Å². The van der Waals surface area contributed by atoms with Crippen LogP contribution in [0.25, 0.3) is 6.08 Å². The number of benzene rings is 2. The summed E-state index contributed by atoms with van der Waals surface area (Å²) in [4.78, 5) is 12.6. The average molecular weight is 383 g/mol. The number of ether oxygens (including phenoxy) is 3. The molecule has 0 aliphatic rings. The third-order valence-corrected chi connectivity index (χ3v) is 3.62. The summed E-state index contributed by atoms with van der Waals surface area (Å²) in [5.74, 6) is 2.04. The van der Waals surface area contributed by atoms with Crippen LogP contribution in [0.4, 0.5) is 0 Å². The van der Waals surface area contributed by atoms with E-state index in [9.17, 15) is 4.79 Å². The fourth-order valence-electron chi connectivity index (χ4n) is 2.62. The quantitative estimate of drug-likeness (QED) is 0.397. The van der Waals surface area contributed by atoms with Gasteiger partial charge in [-0.3, -0.25) is 4.79 Å². The standard InChI is InChI=1S/C24H30O4/c1-16(2)26-21-9-7-8-19(14-21)23(25)12-10-20-15-22(27-17(3)4)11-13-24(20)28-18(5)6/h7-18H,1-6H3/b12-10+. The fraction of sp³-hybridized carbons (Fsp3) is 0.375. The van der Waals surface area contributed by atoms with E-state index in [1.54, 1.807) is 24.3 Å². The molecule has 28 heavy (non-hydrogen) atoms. The third-order valence-electron chi connectivity index (χ3n) is 3.62. The van der Waals surface area contributed by atoms with Gasteiger partial charge >= 0.3 is 0 Å². The van der Waals surface area contributed by atoms with Gasteiger partial charge in [-0.25, -0.2) is 0 Å². The van der Waals surface area contributed by atoms with E-state index in [0.717, 1.165) is 11.3 Å². The van der Waals surface area contributed by atoms with Crippen LogP contribution >= 0.6 is 0 Å². The summed E-state index contributed by atoms with van der Waals surface area (Å²) in [6.45, 7) is 11.8. The molecule has 0 saturated heterocycles. The van der Waals surface area contributed by atoms with Crippen LogP contribution in [0.15, 0.2) is 48.5 Å². The molecule has 4 nitrogen and oxygen atoms in total. The zero-order valence-corrected chi connectivity index (χ0v) is 17.6. The van der Waals surface area contributed by atoms with Crippen LogP contribution in [0, 0.1) is 0 Å². The zero-order chi connectivity index (χ0) is 20.7. The smallest absolute Gasteiger partial charge is 0.185 e. The van der Waals surface area contributed by atoms with Crippen molar-refractivity contribution >= 4 is 11.9 Å². The van der Waals surface area contributed by atoms with Crippen LogP contribution in [-0.2, 0) is 0 Å². The number of ketones is 1. The van der Waals surface area contributed by atoms with Gasteiger partial charge in [-0.1, -0.05) is 12.1 Å². The number of carbonyl (C=O) groups excluding carboxylic acids is 1. The third kappa shape index (κ3) is 6.76. The molecule has 0 atom stereocenters. The molecule has 0 aromatic heterocycles. The molecule has 2 aromatic carbocycles. The lowest BCUT2D eigenvalue weighted by Gasteiger charge is -2.15. The topological polar surface area (TPSA) is 44.8 Å². The highest BCUT2D eigenvalue weighted by Gasteiger charge is 2.09. The molecule has 0 fully saturated rings. The molecule has 0 aliphatic carbocycles. The maximum absolute atomic E-state index is 12.6. The first-order valence-corrected chi connectivity index (χ1v) is 9.71. The van der Waals surface area contributed by atoms with Gasteiger partial charge in [0.05, 0.1) is 18.3 Å². The van der Waals surface area contributed by atoms with E-state index in [2.05, 4.69) is 0 Å². The predicted molar refractivity (Wildman–Crippen MR) is 114 cm³/mol. The minimum atomic E-state index is -0.0973. The van der Waals surface area contributed by atoms with E-state index in [0.29, 0.717) is 17.1 Å². The maximum atomic E-state index is 12.6. The second-order valence-electron chi connectivity index (χ2n) is 7.42. The number of hydrogen-bond donors (Lipinski definition) is 0. The molecule has 2 rings (SSSR count). The van der Waals surface area contributed by atoms with Crippen LogP contribution in [0.1, 0.15) is 57.5 Å². The van der Waals surface area contributed by atoms with E-state index < -0.39 is 0 Å². The van der Waals surface area contributed by atoms with Crippen LogP contribution in [0.3, 0.4) is 0 Å². The Morgan fingerprint density at radius 3 is 2.00 bits per heavy atom. The van der Waals surface area contributed by atoms with Crippen LogP contribution in [0.2, 0.25) is 0 Å². The average Bonchev–Trinajstić information content (AvgIpc) is 2.60. The molecule has 0 N–H and O–H groups in total. The molecule has 0 saturated carbocycles. The fourth-order valence-corrected chi connectivity index (χ4v) is 2.62. The minimum Gasteiger partial charge on any atom is -0.491 e. The molecule has 0 amide bonds. The molecule has 2 aromatic rings. The first-order chi connectivity index (χ1) is 13.2. The van der Waals surface area contributed by atoms with Gasteiger partial charge in [-0.15, -0.1) is 0 Å². The highest BCUT2D eigenvalue weighted by Crippen LogP contribution is 2.27. The zero-order valence-electron chi connectivity index (χ0n) is 17.6. The van der Waals surface area contributed by atoms with Crippen LogP contribution in [-0.4, -0.2) is 24.1 Å². The van der Waals surface area contributed by atoms with Gasteiger partial charge in [0.1, 0.15) is 17.2 Å². The Morgan fingerprint density at radius 1 is 0.786 bits per heavy atom. The van der Waals surface area contributed by atoms with E-state index >= 15 is 0 Å². The highest BCUT2D eigenvalue weighted by molar-refractivity contribution is 6.07. The summed E-state index contributed by atoms with van der Waals surface area (Å²) in [7, 11) is 0. The highest BCUT2D eigenvalue weighted by atomic mass is 16.5. The molecular formula is C24H30O4. The summed E-state index contributed by atoms with van der Waals surface area (Å²) < 4.78 is 17.3. The van der Waals surface area contributed by atoms with Crippen molar-refractivity contribution in [3.8, 4) is 17.2 Å². The van der Waals surface area contributed by atoms with Gasteiger partial charge in [0, 0.05) is 11.1 Å². The lowest BCUT2D eigenvalue weighted by Crippen LogP contribution is -2.08. The Morgan fingerprint density at radius 2 is 1.39 bits per heavy atom. The van der Waals surface area contributed by atoms with Gasteiger partial charge in [-0.2, -0.15) is 0 Å².